The van der Waals surface area contributed by atoms with E-state index in [1.165, 1.54) is 154 Å². The molecule has 0 aliphatic heterocycles. The fourth-order valence-electron chi connectivity index (χ4n) is 4.58. The van der Waals surface area contributed by atoms with E-state index >= 15 is 0 Å². The van der Waals surface area contributed by atoms with Crippen LogP contribution in [0.3, 0.4) is 0 Å². The average molecular weight is 447 g/mol. The minimum absolute atomic E-state index is 0.901. The number of hydrogen-bond acceptors (Lipinski definition) is 0. The summed E-state index contributed by atoms with van der Waals surface area (Å²) in [4.78, 5) is 0. The molecule has 0 aliphatic carbocycles. The van der Waals surface area contributed by atoms with Crippen LogP contribution in [0.25, 0.3) is 0 Å². The molecule has 1 unspecified atom stereocenters. The van der Waals surface area contributed by atoms with Gasteiger partial charge in [-0.1, -0.05) is 148 Å². The van der Waals surface area contributed by atoms with Gasteiger partial charge >= 0.3 is 0 Å². The molecule has 0 saturated heterocycles. The van der Waals surface area contributed by atoms with Crippen molar-refractivity contribution < 1.29 is 0 Å². The number of allylic oxidation sites excluding steroid dienone is 4. The van der Waals surface area contributed by atoms with Gasteiger partial charge in [0, 0.05) is 0 Å². The first kappa shape index (κ1) is 31.5. The predicted octanol–water partition coefficient (Wildman–Crippen LogP) is 12.1. The van der Waals surface area contributed by atoms with E-state index in [1.54, 1.807) is 0 Å². The first-order valence-corrected chi connectivity index (χ1v) is 15.1. The summed E-state index contributed by atoms with van der Waals surface area (Å²) in [5.74, 6) is 0.901. The first-order valence-electron chi connectivity index (χ1n) is 15.1. The maximum absolute atomic E-state index is 2.45. The lowest BCUT2D eigenvalue weighted by Gasteiger charge is -2.09. The highest BCUT2D eigenvalue weighted by molar-refractivity contribution is 4.82. The summed E-state index contributed by atoms with van der Waals surface area (Å²) in [5.41, 5.74) is 0. The van der Waals surface area contributed by atoms with Crippen LogP contribution in [0, 0.1) is 5.92 Å². The normalized spacial score (nSPS) is 13.0. The Bertz CT molecular complexity index is 377. The molecule has 0 aromatic rings. The fraction of sp³-hybridized carbons (Fsp3) is 0.875. The van der Waals surface area contributed by atoms with Crippen molar-refractivity contribution in [1.29, 1.82) is 0 Å². The maximum atomic E-state index is 2.45. The smallest absolute Gasteiger partial charge is 0.0351 e. The van der Waals surface area contributed by atoms with Crippen LogP contribution in [0.15, 0.2) is 24.3 Å². The lowest BCUT2D eigenvalue weighted by molar-refractivity contribution is 0.463. The summed E-state index contributed by atoms with van der Waals surface area (Å²) in [7, 11) is 0. The molecular weight excluding hydrogens is 384 g/mol. The average Bonchev–Trinajstić information content (AvgIpc) is 2.80. The van der Waals surface area contributed by atoms with Gasteiger partial charge < -0.3 is 0 Å². The second-order valence-corrected chi connectivity index (χ2v) is 10.4. The molecule has 0 spiro atoms. The van der Waals surface area contributed by atoms with Gasteiger partial charge in [0.2, 0.25) is 0 Å². The van der Waals surface area contributed by atoms with E-state index in [0.29, 0.717) is 0 Å². The third-order valence-corrected chi connectivity index (χ3v) is 6.92. The summed E-state index contributed by atoms with van der Waals surface area (Å²) in [6, 6.07) is 0. The third-order valence-electron chi connectivity index (χ3n) is 6.92. The fourth-order valence-corrected chi connectivity index (χ4v) is 4.58. The van der Waals surface area contributed by atoms with Crippen LogP contribution in [0.1, 0.15) is 175 Å². The van der Waals surface area contributed by atoms with E-state index in [0.717, 1.165) is 5.92 Å². The van der Waals surface area contributed by atoms with E-state index in [4.69, 9.17) is 0 Å². The van der Waals surface area contributed by atoms with Crippen LogP contribution in [-0.4, -0.2) is 0 Å². The van der Waals surface area contributed by atoms with Crippen molar-refractivity contribution >= 4 is 0 Å². The van der Waals surface area contributed by atoms with Gasteiger partial charge in [0.1, 0.15) is 0 Å². The number of unbranched alkanes of at least 4 members (excludes halogenated alkanes) is 18. The van der Waals surface area contributed by atoms with Crippen molar-refractivity contribution in [3.63, 3.8) is 0 Å². The van der Waals surface area contributed by atoms with Crippen molar-refractivity contribution in [3.05, 3.63) is 24.3 Å². The second kappa shape index (κ2) is 28.5. The van der Waals surface area contributed by atoms with Gasteiger partial charge in [-0.25, -0.2) is 0 Å². The molecule has 0 heteroatoms. The van der Waals surface area contributed by atoms with E-state index < -0.39 is 0 Å². The van der Waals surface area contributed by atoms with Crippen LogP contribution in [0.4, 0.5) is 0 Å². The Balaban J connectivity index is 3.24. The van der Waals surface area contributed by atoms with Gasteiger partial charge in [-0.3, -0.25) is 0 Å². The molecule has 0 heterocycles. The summed E-state index contributed by atoms with van der Waals surface area (Å²) in [6.07, 6.45) is 43.4. The summed E-state index contributed by atoms with van der Waals surface area (Å²) < 4.78 is 0. The molecule has 190 valence electrons. The van der Waals surface area contributed by atoms with Crippen molar-refractivity contribution in [2.24, 2.45) is 5.92 Å². The van der Waals surface area contributed by atoms with Gasteiger partial charge in [-0.05, 0) is 57.3 Å². The standard InChI is InChI=1S/C32H62/c1-4-6-8-10-12-14-15-16-17-18-19-20-21-22-23-25-27-29-31-32(3)30-28-26-24-13-11-9-7-5-2/h13,23-25,32H,4-12,14-22,26-31H2,1-3H3/b24-13-,25-23-. The molecule has 0 fully saturated rings. The van der Waals surface area contributed by atoms with Crippen LogP contribution in [0.5, 0.6) is 0 Å². The topological polar surface area (TPSA) is 0 Å². The number of rotatable bonds is 26. The lowest BCUT2D eigenvalue weighted by atomic mass is 9.97. The molecule has 0 aromatic heterocycles. The van der Waals surface area contributed by atoms with Crippen molar-refractivity contribution in [1.82, 2.24) is 0 Å². The maximum Gasteiger partial charge on any atom is -0.0351 e. The SMILES string of the molecule is CCCCC/C=C\CCCC(C)CCC/C=C\CCCCCCCCCCCCCCC. The Morgan fingerprint density at radius 3 is 1.06 bits per heavy atom. The first-order chi connectivity index (χ1) is 15.8. The molecule has 32 heavy (non-hydrogen) atoms. The minimum Gasteiger partial charge on any atom is -0.0885 e. The molecular formula is C32H62. The highest BCUT2D eigenvalue weighted by Gasteiger charge is 2.00. The number of hydrogen-bond donors (Lipinski definition) is 0. The predicted molar refractivity (Wildman–Crippen MR) is 150 cm³/mol. The molecule has 1 atom stereocenters. The third kappa shape index (κ3) is 27.5. The Morgan fingerprint density at radius 2 is 0.656 bits per heavy atom. The van der Waals surface area contributed by atoms with Gasteiger partial charge in [0.15, 0.2) is 0 Å². The highest BCUT2D eigenvalue weighted by Crippen LogP contribution is 2.16. The van der Waals surface area contributed by atoms with Crippen molar-refractivity contribution in [2.75, 3.05) is 0 Å². The molecule has 0 aromatic carbocycles. The zero-order valence-corrected chi connectivity index (χ0v) is 22.9. The molecule has 0 N–H and O–H groups in total. The monoisotopic (exact) mass is 446 g/mol. The van der Waals surface area contributed by atoms with Crippen LogP contribution < -0.4 is 0 Å². The molecule has 0 nitrogen and oxygen atoms in total. The van der Waals surface area contributed by atoms with Gasteiger partial charge in [0.05, 0.1) is 0 Å². The van der Waals surface area contributed by atoms with Crippen LogP contribution >= 0.6 is 0 Å². The van der Waals surface area contributed by atoms with Crippen LogP contribution in [0.2, 0.25) is 0 Å². The van der Waals surface area contributed by atoms with Crippen molar-refractivity contribution in [2.45, 2.75) is 175 Å². The van der Waals surface area contributed by atoms with E-state index in [2.05, 4.69) is 45.1 Å². The summed E-state index contributed by atoms with van der Waals surface area (Å²) >= 11 is 0. The largest absolute Gasteiger partial charge is 0.0885 e. The van der Waals surface area contributed by atoms with E-state index in [1.807, 2.05) is 0 Å². The highest BCUT2D eigenvalue weighted by atomic mass is 14.1. The molecule has 0 bridgehead atoms. The van der Waals surface area contributed by atoms with Crippen LogP contribution in [-0.2, 0) is 0 Å². The summed E-state index contributed by atoms with van der Waals surface area (Å²) in [5, 5.41) is 0. The van der Waals surface area contributed by atoms with Gasteiger partial charge in [-0.2, -0.15) is 0 Å². The van der Waals surface area contributed by atoms with E-state index in [9.17, 15) is 0 Å². The minimum atomic E-state index is 0.901. The molecule has 0 rings (SSSR count). The second-order valence-electron chi connectivity index (χ2n) is 10.4. The molecule has 0 amide bonds. The Hall–Kier alpha value is -0.520. The zero-order valence-electron chi connectivity index (χ0n) is 22.9. The molecule has 0 aliphatic rings. The van der Waals surface area contributed by atoms with E-state index in [-0.39, 0.29) is 0 Å². The Morgan fingerprint density at radius 1 is 0.375 bits per heavy atom. The van der Waals surface area contributed by atoms with Gasteiger partial charge in [-0.15, -0.1) is 0 Å². The molecule has 0 radical (unpaired) electrons. The quantitative estimate of drug-likeness (QED) is 0.0915. The summed E-state index contributed by atoms with van der Waals surface area (Å²) in [6.45, 7) is 7.03. The Labute approximate surface area is 205 Å². The van der Waals surface area contributed by atoms with Gasteiger partial charge in [0.25, 0.3) is 0 Å². The molecule has 0 saturated carbocycles. The van der Waals surface area contributed by atoms with Crippen molar-refractivity contribution in [3.8, 4) is 0 Å². The zero-order chi connectivity index (χ0) is 23.4. The lowest BCUT2D eigenvalue weighted by Crippen LogP contribution is -1.94. The Kier molecular flexibility index (Phi) is 28.0.